The second kappa shape index (κ2) is 5.72. The summed E-state index contributed by atoms with van der Waals surface area (Å²) in [6.45, 7) is 6.22. The lowest BCUT2D eigenvalue weighted by Gasteiger charge is -2.07. The Labute approximate surface area is 83.7 Å². The van der Waals surface area contributed by atoms with E-state index in [0.29, 0.717) is 24.9 Å². The average molecular weight is 199 g/mol. The van der Waals surface area contributed by atoms with Crippen LogP contribution in [-0.4, -0.2) is 33.1 Å². The van der Waals surface area contributed by atoms with Crippen LogP contribution in [0.15, 0.2) is 6.33 Å². The molecule has 0 unspecified atom stereocenters. The molecule has 5 heteroatoms. The van der Waals surface area contributed by atoms with Crippen molar-refractivity contribution in [2.45, 2.75) is 27.0 Å². The number of hydrogen-bond donors (Lipinski definition) is 1. The molecular formula is C9H17N3O2. The van der Waals surface area contributed by atoms with Gasteiger partial charge in [0.25, 0.3) is 0 Å². The molecule has 0 aromatic carbocycles. The Morgan fingerprint density at radius 1 is 1.57 bits per heavy atom. The molecular weight excluding hydrogens is 182 g/mol. The summed E-state index contributed by atoms with van der Waals surface area (Å²) in [4.78, 5) is 0. The minimum Gasteiger partial charge on any atom is -0.388 e. The lowest BCUT2D eigenvalue weighted by Crippen LogP contribution is -2.11. The van der Waals surface area contributed by atoms with Crippen molar-refractivity contribution in [2.24, 2.45) is 5.92 Å². The molecule has 80 valence electrons. The highest BCUT2D eigenvalue weighted by atomic mass is 16.5. The molecule has 0 aliphatic rings. The van der Waals surface area contributed by atoms with E-state index in [0.717, 1.165) is 6.61 Å². The second-order valence-electron chi connectivity index (χ2n) is 3.57. The number of aromatic nitrogens is 3. The molecule has 1 aromatic heterocycles. The molecule has 5 nitrogen and oxygen atoms in total. The first-order chi connectivity index (χ1) is 6.74. The maximum atomic E-state index is 8.89. The van der Waals surface area contributed by atoms with Crippen LogP contribution < -0.4 is 0 Å². The number of rotatable bonds is 6. The van der Waals surface area contributed by atoms with E-state index in [-0.39, 0.29) is 6.61 Å². The Morgan fingerprint density at radius 2 is 2.36 bits per heavy atom. The molecule has 0 aliphatic carbocycles. The topological polar surface area (TPSA) is 60.2 Å². The summed E-state index contributed by atoms with van der Waals surface area (Å²) >= 11 is 0. The van der Waals surface area contributed by atoms with Crippen molar-refractivity contribution in [3.8, 4) is 0 Å². The number of ether oxygens (including phenoxy) is 1. The Kier molecular flexibility index (Phi) is 4.55. The fraction of sp³-hybridized carbons (Fsp3) is 0.778. The summed E-state index contributed by atoms with van der Waals surface area (Å²) in [5, 5.41) is 16.3. The first-order valence-electron chi connectivity index (χ1n) is 4.79. The molecule has 14 heavy (non-hydrogen) atoms. The highest BCUT2D eigenvalue weighted by Gasteiger charge is 2.01. The lowest BCUT2D eigenvalue weighted by molar-refractivity contribution is 0.102. The van der Waals surface area contributed by atoms with Crippen molar-refractivity contribution in [2.75, 3.05) is 13.2 Å². The van der Waals surface area contributed by atoms with Gasteiger partial charge in [0.2, 0.25) is 0 Å². The van der Waals surface area contributed by atoms with Crippen LogP contribution in [-0.2, 0) is 17.9 Å². The van der Waals surface area contributed by atoms with E-state index < -0.39 is 0 Å². The van der Waals surface area contributed by atoms with E-state index in [1.54, 1.807) is 10.9 Å². The molecule has 1 rings (SSSR count). The van der Waals surface area contributed by atoms with Crippen molar-refractivity contribution in [3.63, 3.8) is 0 Å². The van der Waals surface area contributed by atoms with E-state index in [4.69, 9.17) is 9.84 Å². The second-order valence-corrected chi connectivity index (χ2v) is 3.57. The third kappa shape index (κ3) is 3.43. The van der Waals surface area contributed by atoms with Crippen LogP contribution in [0.25, 0.3) is 0 Å². The summed E-state index contributed by atoms with van der Waals surface area (Å²) in [6.07, 6.45) is 1.60. The highest BCUT2D eigenvalue weighted by molar-refractivity contribution is 4.81. The molecule has 0 spiro atoms. The highest BCUT2D eigenvalue weighted by Crippen LogP contribution is 1.96. The molecule has 1 aromatic rings. The van der Waals surface area contributed by atoms with Crippen molar-refractivity contribution >= 4 is 0 Å². The van der Waals surface area contributed by atoms with E-state index in [1.807, 2.05) is 0 Å². The Bertz CT molecular complexity index is 260. The van der Waals surface area contributed by atoms with Gasteiger partial charge in [0.05, 0.1) is 6.61 Å². The first-order valence-corrected chi connectivity index (χ1v) is 4.79. The van der Waals surface area contributed by atoms with E-state index in [2.05, 4.69) is 24.0 Å². The predicted octanol–water partition coefficient (Wildman–Crippen LogP) is 0.443. The van der Waals surface area contributed by atoms with Crippen molar-refractivity contribution < 1.29 is 9.84 Å². The number of nitrogens with zero attached hydrogens (tertiary/aromatic N) is 3. The van der Waals surface area contributed by atoms with E-state index in [9.17, 15) is 0 Å². The predicted molar refractivity (Wildman–Crippen MR) is 51.6 cm³/mol. The van der Waals surface area contributed by atoms with Gasteiger partial charge in [0.1, 0.15) is 12.9 Å². The van der Waals surface area contributed by atoms with Gasteiger partial charge in [0, 0.05) is 13.2 Å². The number of aliphatic hydroxyl groups excluding tert-OH is 1. The first kappa shape index (κ1) is 11.1. The zero-order valence-electron chi connectivity index (χ0n) is 8.68. The lowest BCUT2D eigenvalue weighted by atomic mass is 10.2. The van der Waals surface area contributed by atoms with Crippen LogP contribution in [0, 0.1) is 5.92 Å². The zero-order valence-corrected chi connectivity index (χ0v) is 8.68. The number of aliphatic hydroxyl groups is 1. The van der Waals surface area contributed by atoms with Crippen LogP contribution >= 0.6 is 0 Å². The fourth-order valence-electron chi connectivity index (χ4n) is 1.07. The average Bonchev–Trinajstić information content (AvgIpc) is 2.59. The van der Waals surface area contributed by atoms with E-state index in [1.165, 1.54) is 0 Å². The van der Waals surface area contributed by atoms with E-state index >= 15 is 0 Å². The van der Waals surface area contributed by atoms with Gasteiger partial charge in [-0.3, -0.25) is 0 Å². The summed E-state index contributed by atoms with van der Waals surface area (Å²) in [6, 6.07) is 0. The van der Waals surface area contributed by atoms with Gasteiger partial charge in [-0.1, -0.05) is 13.8 Å². The van der Waals surface area contributed by atoms with Gasteiger partial charge in [0.15, 0.2) is 5.82 Å². The Balaban J connectivity index is 2.24. The molecule has 1 N–H and O–H groups in total. The molecule has 0 atom stereocenters. The third-order valence-corrected chi connectivity index (χ3v) is 1.76. The van der Waals surface area contributed by atoms with Crippen molar-refractivity contribution in [1.29, 1.82) is 0 Å². The number of hydrogen-bond acceptors (Lipinski definition) is 4. The minimum absolute atomic E-state index is 0.0792. The van der Waals surface area contributed by atoms with Crippen LogP contribution in [0.2, 0.25) is 0 Å². The van der Waals surface area contributed by atoms with Crippen LogP contribution in [0.4, 0.5) is 0 Å². The molecule has 0 saturated carbocycles. The molecule has 0 radical (unpaired) electrons. The minimum atomic E-state index is -0.0792. The van der Waals surface area contributed by atoms with Gasteiger partial charge >= 0.3 is 0 Å². The van der Waals surface area contributed by atoms with Crippen LogP contribution in [0.1, 0.15) is 19.7 Å². The summed E-state index contributed by atoms with van der Waals surface area (Å²) < 4.78 is 7.20. The molecule has 0 aliphatic heterocycles. The van der Waals surface area contributed by atoms with Crippen LogP contribution in [0.5, 0.6) is 0 Å². The SMILES string of the molecule is CC(C)COCCn1cnnc1CO. The quantitative estimate of drug-likeness (QED) is 0.675. The Hall–Kier alpha value is -0.940. The molecule has 1 heterocycles. The van der Waals surface area contributed by atoms with Gasteiger partial charge in [-0.15, -0.1) is 10.2 Å². The summed E-state index contributed by atoms with van der Waals surface area (Å²) in [5.74, 6) is 1.13. The maximum Gasteiger partial charge on any atom is 0.158 e. The smallest absolute Gasteiger partial charge is 0.158 e. The van der Waals surface area contributed by atoms with Gasteiger partial charge in [-0.2, -0.15) is 0 Å². The summed E-state index contributed by atoms with van der Waals surface area (Å²) in [7, 11) is 0. The molecule has 0 fully saturated rings. The van der Waals surface area contributed by atoms with Gasteiger partial charge in [-0.25, -0.2) is 0 Å². The van der Waals surface area contributed by atoms with Gasteiger partial charge in [-0.05, 0) is 5.92 Å². The third-order valence-electron chi connectivity index (χ3n) is 1.76. The maximum absolute atomic E-state index is 8.89. The molecule has 0 bridgehead atoms. The van der Waals surface area contributed by atoms with Crippen molar-refractivity contribution in [1.82, 2.24) is 14.8 Å². The monoisotopic (exact) mass is 199 g/mol. The Morgan fingerprint density at radius 3 is 3.00 bits per heavy atom. The zero-order chi connectivity index (χ0) is 10.4. The van der Waals surface area contributed by atoms with Gasteiger partial charge < -0.3 is 14.4 Å². The van der Waals surface area contributed by atoms with Crippen LogP contribution in [0.3, 0.4) is 0 Å². The fourth-order valence-corrected chi connectivity index (χ4v) is 1.07. The molecule has 0 saturated heterocycles. The summed E-state index contributed by atoms with van der Waals surface area (Å²) in [5.41, 5.74) is 0. The standard InChI is InChI=1S/C9H17N3O2/c1-8(2)6-14-4-3-12-7-10-11-9(12)5-13/h7-8,13H,3-6H2,1-2H3. The molecule has 0 amide bonds. The normalized spacial score (nSPS) is 11.1. The largest absolute Gasteiger partial charge is 0.388 e. The van der Waals surface area contributed by atoms with Crippen molar-refractivity contribution in [3.05, 3.63) is 12.2 Å².